The topological polar surface area (TPSA) is 84.7 Å². The van der Waals surface area contributed by atoms with Crippen molar-refractivity contribution < 1.29 is 14.3 Å². The highest BCUT2D eigenvalue weighted by molar-refractivity contribution is 5.87. The number of nitrogens with one attached hydrogen (secondary N) is 1. The summed E-state index contributed by atoms with van der Waals surface area (Å²) in [7, 11) is 1.69. The van der Waals surface area contributed by atoms with Crippen LogP contribution in [0.1, 0.15) is 32.3 Å². The molecule has 0 aromatic heterocycles. The van der Waals surface area contributed by atoms with Gasteiger partial charge in [0.2, 0.25) is 11.8 Å². The molecular formula is C20H32ClN3O3. The second-order valence-corrected chi connectivity index (χ2v) is 7.33. The normalized spacial score (nSPS) is 15.8. The Bertz CT molecular complexity index is 616. The van der Waals surface area contributed by atoms with Crippen molar-refractivity contribution in [2.24, 2.45) is 17.6 Å². The lowest BCUT2D eigenvalue weighted by Gasteiger charge is -2.32. The van der Waals surface area contributed by atoms with Crippen molar-refractivity contribution in [1.82, 2.24) is 10.2 Å². The Morgan fingerprint density at radius 2 is 1.89 bits per heavy atom. The van der Waals surface area contributed by atoms with Gasteiger partial charge in [-0.2, -0.15) is 0 Å². The smallest absolute Gasteiger partial charge is 0.241 e. The van der Waals surface area contributed by atoms with Gasteiger partial charge in [-0.25, -0.2) is 0 Å². The maximum Gasteiger partial charge on any atom is 0.241 e. The average molecular weight is 398 g/mol. The molecule has 0 spiro atoms. The molecule has 152 valence electrons. The van der Waals surface area contributed by atoms with Crippen LogP contribution in [0.15, 0.2) is 24.3 Å². The highest BCUT2D eigenvalue weighted by Crippen LogP contribution is 2.26. The fraction of sp³-hybridized carbons (Fsp3) is 0.600. The summed E-state index contributed by atoms with van der Waals surface area (Å²) in [5.41, 5.74) is 7.01. The summed E-state index contributed by atoms with van der Waals surface area (Å²) in [6.07, 6.45) is 2.89. The van der Waals surface area contributed by atoms with Gasteiger partial charge in [0.1, 0.15) is 5.75 Å². The summed E-state index contributed by atoms with van der Waals surface area (Å²) in [5, 5.41) is 2.66. The van der Waals surface area contributed by atoms with Crippen LogP contribution in [0.3, 0.4) is 0 Å². The van der Waals surface area contributed by atoms with Crippen molar-refractivity contribution in [2.45, 2.75) is 39.2 Å². The summed E-state index contributed by atoms with van der Waals surface area (Å²) < 4.78 is 5.42. The predicted octanol–water partition coefficient (Wildman–Crippen LogP) is 2.00. The first-order chi connectivity index (χ1) is 12.4. The van der Waals surface area contributed by atoms with Gasteiger partial charge in [0.15, 0.2) is 0 Å². The minimum atomic E-state index is -0.575. The molecule has 1 heterocycles. The number of halogens is 1. The van der Waals surface area contributed by atoms with Crippen molar-refractivity contribution in [3.8, 4) is 5.75 Å². The lowest BCUT2D eigenvalue weighted by Crippen LogP contribution is -2.49. The second-order valence-electron chi connectivity index (χ2n) is 7.33. The first-order valence-corrected chi connectivity index (χ1v) is 9.35. The van der Waals surface area contributed by atoms with E-state index >= 15 is 0 Å². The first kappa shape index (κ1) is 23.2. The minimum Gasteiger partial charge on any atom is -0.496 e. The van der Waals surface area contributed by atoms with E-state index in [0.717, 1.165) is 38.1 Å². The zero-order valence-corrected chi connectivity index (χ0v) is 17.3. The molecule has 3 N–H and O–H groups in total. The number of carbonyl (C=O) groups is 2. The van der Waals surface area contributed by atoms with Gasteiger partial charge in [-0.3, -0.25) is 9.59 Å². The number of likely N-dealkylation sites (tertiary alicyclic amines) is 1. The summed E-state index contributed by atoms with van der Waals surface area (Å²) >= 11 is 0. The number of hydrogen-bond donors (Lipinski definition) is 2. The summed E-state index contributed by atoms with van der Waals surface area (Å²) in [5.74, 6) is 1.22. The highest BCUT2D eigenvalue weighted by atomic mass is 35.5. The van der Waals surface area contributed by atoms with Crippen LogP contribution in [0.25, 0.3) is 0 Å². The number of methoxy groups -OCH3 is 1. The molecule has 1 atom stereocenters. The van der Waals surface area contributed by atoms with E-state index < -0.39 is 6.04 Å². The third-order valence-corrected chi connectivity index (χ3v) is 5.10. The van der Waals surface area contributed by atoms with E-state index in [0.29, 0.717) is 5.92 Å². The quantitative estimate of drug-likeness (QED) is 0.736. The van der Waals surface area contributed by atoms with E-state index in [1.54, 1.807) is 7.11 Å². The third-order valence-electron chi connectivity index (χ3n) is 5.10. The Kier molecular flexibility index (Phi) is 9.60. The van der Waals surface area contributed by atoms with Crippen LogP contribution in [-0.4, -0.2) is 49.5 Å². The van der Waals surface area contributed by atoms with Crippen LogP contribution in [0.5, 0.6) is 5.75 Å². The van der Waals surface area contributed by atoms with Gasteiger partial charge in [-0.15, -0.1) is 12.4 Å². The number of nitrogens with two attached hydrogens (primary N) is 1. The van der Waals surface area contributed by atoms with Gasteiger partial charge in [-0.05, 0) is 42.7 Å². The summed E-state index contributed by atoms with van der Waals surface area (Å²) in [6, 6.07) is 7.52. The number of nitrogens with zero attached hydrogens (tertiary/aromatic N) is 1. The molecule has 1 saturated heterocycles. The number of hydrogen-bond acceptors (Lipinski definition) is 4. The monoisotopic (exact) mass is 397 g/mol. The number of ether oxygens (including phenoxy) is 1. The third kappa shape index (κ3) is 6.70. The molecule has 7 heteroatoms. The Morgan fingerprint density at radius 1 is 1.26 bits per heavy atom. The van der Waals surface area contributed by atoms with Gasteiger partial charge < -0.3 is 20.7 Å². The number of benzene rings is 1. The van der Waals surface area contributed by atoms with E-state index in [1.165, 1.54) is 5.56 Å². The lowest BCUT2D eigenvalue weighted by atomic mass is 9.90. The van der Waals surface area contributed by atoms with E-state index in [1.807, 2.05) is 36.9 Å². The molecule has 0 saturated carbocycles. The molecule has 0 bridgehead atoms. The molecule has 1 fully saturated rings. The van der Waals surface area contributed by atoms with Crippen molar-refractivity contribution in [3.05, 3.63) is 29.8 Å². The maximum atomic E-state index is 12.3. The number of rotatable bonds is 7. The highest BCUT2D eigenvalue weighted by Gasteiger charge is 2.24. The van der Waals surface area contributed by atoms with Crippen molar-refractivity contribution in [3.63, 3.8) is 0 Å². The molecule has 2 amide bonds. The van der Waals surface area contributed by atoms with Crippen LogP contribution in [-0.2, 0) is 16.0 Å². The van der Waals surface area contributed by atoms with Crippen LogP contribution in [0.2, 0.25) is 0 Å². The largest absolute Gasteiger partial charge is 0.496 e. The minimum absolute atomic E-state index is 0. The predicted molar refractivity (Wildman–Crippen MR) is 109 cm³/mol. The van der Waals surface area contributed by atoms with Gasteiger partial charge >= 0.3 is 0 Å². The molecule has 0 unspecified atom stereocenters. The Labute approximate surface area is 168 Å². The van der Waals surface area contributed by atoms with Crippen molar-refractivity contribution >= 4 is 24.2 Å². The van der Waals surface area contributed by atoms with Crippen LogP contribution in [0, 0.1) is 11.8 Å². The Hall–Kier alpha value is -1.79. The maximum absolute atomic E-state index is 12.3. The molecule has 2 rings (SSSR count). The number of carbonyl (C=O) groups excluding carboxylic acids is 2. The van der Waals surface area contributed by atoms with E-state index in [4.69, 9.17) is 10.5 Å². The molecule has 27 heavy (non-hydrogen) atoms. The molecule has 0 aliphatic carbocycles. The lowest BCUT2D eigenvalue weighted by molar-refractivity contribution is -0.134. The molecular weight excluding hydrogens is 366 g/mol. The molecule has 1 aliphatic rings. The number of amides is 2. The molecule has 1 aliphatic heterocycles. The zero-order chi connectivity index (χ0) is 19.1. The van der Waals surface area contributed by atoms with Crippen LogP contribution >= 0.6 is 12.4 Å². The van der Waals surface area contributed by atoms with E-state index in [2.05, 4.69) is 11.4 Å². The second kappa shape index (κ2) is 11.1. The fourth-order valence-electron chi connectivity index (χ4n) is 3.26. The number of para-hydroxylation sites is 1. The first-order valence-electron chi connectivity index (χ1n) is 9.35. The van der Waals surface area contributed by atoms with Gasteiger partial charge in [0.25, 0.3) is 0 Å². The molecule has 0 radical (unpaired) electrons. The average Bonchev–Trinajstić information content (AvgIpc) is 2.66. The van der Waals surface area contributed by atoms with Crippen LogP contribution < -0.4 is 15.8 Å². The Balaban J connectivity index is 0.00000364. The summed E-state index contributed by atoms with van der Waals surface area (Å²) in [4.78, 5) is 26.0. The summed E-state index contributed by atoms with van der Waals surface area (Å²) in [6.45, 7) is 5.25. The van der Waals surface area contributed by atoms with E-state index in [-0.39, 0.29) is 36.7 Å². The van der Waals surface area contributed by atoms with Crippen molar-refractivity contribution in [1.29, 1.82) is 0 Å². The van der Waals surface area contributed by atoms with Crippen molar-refractivity contribution in [2.75, 3.05) is 26.7 Å². The zero-order valence-electron chi connectivity index (χ0n) is 16.4. The van der Waals surface area contributed by atoms with Gasteiger partial charge in [-0.1, -0.05) is 32.0 Å². The molecule has 1 aromatic carbocycles. The fourth-order valence-corrected chi connectivity index (χ4v) is 3.26. The molecule has 1 aromatic rings. The Morgan fingerprint density at radius 3 is 2.48 bits per heavy atom. The van der Waals surface area contributed by atoms with E-state index in [9.17, 15) is 9.59 Å². The SMILES string of the molecule is COc1ccccc1CC1CCN(C(=O)CNC(=O)[C@@H](N)C(C)C)CC1.Cl. The van der Waals surface area contributed by atoms with Crippen LogP contribution in [0.4, 0.5) is 0 Å². The number of piperidine rings is 1. The standard InChI is InChI=1S/C20H31N3O3.ClH/c1-14(2)19(21)20(25)22-13-18(24)23-10-8-15(9-11-23)12-16-6-4-5-7-17(16)26-3;/h4-7,14-15,19H,8-13,21H2,1-3H3,(H,22,25);1H/t19-;/m0./s1. The molecule has 6 nitrogen and oxygen atoms in total. The van der Waals surface area contributed by atoms with Gasteiger partial charge in [0.05, 0.1) is 19.7 Å². The van der Waals surface area contributed by atoms with Gasteiger partial charge in [0, 0.05) is 13.1 Å².